The van der Waals surface area contributed by atoms with Gasteiger partial charge in [0.05, 0.1) is 11.1 Å². The van der Waals surface area contributed by atoms with Gasteiger partial charge in [0, 0.05) is 5.33 Å². The molecule has 0 amide bonds. The average Bonchev–Trinajstić information content (AvgIpc) is 3.16. The van der Waals surface area contributed by atoms with E-state index in [0.717, 1.165) is 0 Å². The van der Waals surface area contributed by atoms with E-state index < -0.39 is 48.2 Å². The molecule has 2 aromatic rings. The Kier molecular flexibility index (Phi) is 8.42. The fraction of sp³-hybridized carbons (Fsp3) is 0.360. The lowest BCUT2D eigenvalue weighted by molar-refractivity contribution is -0.164. The van der Waals surface area contributed by atoms with Crippen molar-refractivity contribution in [3.05, 3.63) is 84.4 Å². The topological polar surface area (TPSA) is 91.3 Å². The minimum absolute atomic E-state index is 0.120. The maximum absolute atomic E-state index is 12.8. The van der Waals surface area contributed by atoms with Crippen LogP contribution in [0.1, 0.15) is 34.6 Å². The molecule has 0 radical (unpaired) electrons. The van der Waals surface area contributed by atoms with E-state index in [0.29, 0.717) is 11.1 Å². The van der Waals surface area contributed by atoms with Crippen LogP contribution in [0.25, 0.3) is 0 Å². The van der Waals surface area contributed by atoms with Crippen molar-refractivity contribution in [3.63, 3.8) is 0 Å². The summed E-state index contributed by atoms with van der Waals surface area (Å²) < 4.78 is 23.4. The average molecular weight is 519 g/mol. The minimum atomic E-state index is -1.11. The van der Waals surface area contributed by atoms with Crippen molar-refractivity contribution in [3.8, 4) is 0 Å². The lowest BCUT2D eigenvalue weighted by Crippen LogP contribution is -2.50. The smallest absolute Gasteiger partial charge is 0.338 e. The first-order chi connectivity index (χ1) is 15.8. The number of hydrogen-bond donors (Lipinski definition) is 1. The van der Waals surface area contributed by atoms with Crippen molar-refractivity contribution < 1.29 is 33.6 Å². The Hall–Kier alpha value is -2.52. The predicted octanol–water partition coefficient (Wildman–Crippen LogP) is 3.90. The largest absolute Gasteiger partial charge is 0.453 e. The molecule has 1 heterocycles. The molecule has 0 saturated carbocycles. The second-order valence-corrected chi connectivity index (χ2v) is 8.64. The van der Waals surface area contributed by atoms with Crippen LogP contribution in [0.5, 0.6) is 0 Å². The van der Waals surface area contributed by atoms with Gasteiger partial charge >= 0.3 is 11.9 Å². The van der Waals surface area contributed by atoms with Crippen molar-refractivity contribution >= 4 is 27.9 Å². The first-order valence-corrected chi connectivity index (χ1v) is 11.6. The van der Waals surface area contributed by atoms with Gasteiger partial charge in [0.2, 0.25) is 0 Å². The number of aliphatic hydroxyl groups is 1. The number of esters is 2. The van der Waals surface area contributed by atoms with Crippen molar-refractivity contribution in [2.24, 2.45) is 0 Å². The van der Waals surface area contributed by atoms with E-state index in [1.807, 2.05) is 0 Å². The van der Waals surface area contributed by atoms with Crippen LogP contribution in [0.3, 0.4) is 0 Å². The number of alkyl halides is 1. The number of hydrogen-bond acceptors (Lipinski definition) is 7. The number of ether oxygens (including phenoxy) is 4. The summed E-state index contributed by atoms with van der Waals surface area (Å²) in [6.45, 7) is 7.16. The molecule has 0 aromatic heterocycles. The molecule has 1 aliphatic rings. The molecule has 0 unspecified atom stereocenters. The molecule has 7 nitrogen and oxygen atoms in total. The Morgan fingerprint density at radius 2 is 1.48 bits per heavy atom. The van der Waals surface area contributed by atoms with Crippen LogP contribution in [0, 0.1) is 0 Å². The molecule has 8 heteroatoms. The molecule has 1 N–H and O–H groups in total. The summed E-state index contributed by atoms with van der Waals surface area (Å²) in [5, 5.41) is 10.8. The molecule has 0 aliphatic carbocycles. The van der Waals surface area contributed by atoms with E-state index in [4.69, 9.17) is 18.9 Å². The molecular weight excluding hydrogens is 492 g/mol. The minimum Gasteiger partial charge on any atom is -0.453 e. The second kappa shape index (κ2) is 11.1. The summed E-state index contributed by atoms with van der Waals surface area (Å²) >= 11 is 3.24. The number of aliphatic hydroxyl groups excluding tert-OH is 1. The number of benzene rings is 2. The highest BCUT2D eigenvalue weighted by Gasteiger charge is 2.52. The molecule has 1 aliphatic heterocycles. The fourth-order valence-corrected chi connectivity index (χ4v) is 3.93. The first-order valence-electron chi connectivity index (χ1n) is 10.5. The van der Waals surface area contributed by atoms with Gasteiger partial charge in [-0.15, -0.1) is 0 Å². The molecule has 3 rings (SSSR count). The normalized spacial score (nSPS) is 22.1. The van der Waals surface area contributed by atoms with E-state index in [2.05, 4.69) is 22.5 Å². The standard InChI is InChI=1S/C25H27BrO7/c1-4-19(30-23(28)16-11-7-5-8-12-16)21-22(33-25(2,3)32-21)20(18(27)15-26)31-24(29)17-13-9-6-10-14-17/h4-14,18-22,27H,1,15H2,2-3H3/t18-,19-,20-,21-,22+/m1/s1. The van der Waals surface area contributed by atoms with Crippen LogP contribution >= 0.6 is 15.9 Å². The molecule has 0 bridgehead atoms. The predicted molar refractivity (Wildman–Crippen MR) is 125 cm³/mol. The maximum atomic E-state index is 12.8. The highest BCUT2D eigenvalue weighted by atomic mass is 79.9. The van der Waals surface area contributed by atoms with E-state index in [1.54, 1.807) is 74.5 Å². The number of rotatable bonds is 9. The zero-order chi connectivity index (χ0) is 24.0. The quantitative estimate of drug-likeness (QED) is 0.305. The van der Waals surface area contributed by atoms with Gasteiger partial charge in [0.15, 0.2) is 11.9 Å². The molecule has 0 spiro atoms. The van der Waals surface area contributed by atoms with E-state index in [-0.39, 0.29) is 5.33 Å². The van der Waals surface area contributed by atoms with Crippen LogP contribution in [0.2, 0.25) is 0 Å². The number of carbonyl (C=O) groups excluding carboxylic acids is 2. The van der Waals surface area contributed by atoms with Crippen LogP contribution in [0.15, 0.2) is 73.3 Å². The Morgan fingerprint density at radius 3 is 1.97 bits per heavy atom. The van der Waals surface area contributed by atoms with Crippen molar-refractivity contribution in [1.82, 2.24) is 0 Å². The summed E-state index contributed by atoms with van der Waals surface area (Å²) in [6, 6.07) is 16.9. The van der Waals surface area contributed by atoms with Crippen LogP contribution < -0.4 is 0 Å². The monoisotopic (exact) mass is 518 g/mol. The Balaban J connectivity index is 1.86. The number of carbonyl (C=O) groups is 2. The molecule has 5 atom stereocenters. The highest BCUT2D eigenvalue weighted by Crippen LogP contribution is 2.35. The van der Waals surface area contributed by atoms with Gasteiger partial charge in [-0.1, -0.05) is 58.9 Å². The van der Waals surface area contributed by atoms with Gasteiger partial charge in [-0.25, -0.2) is 9.59 Å². The van der Waals surface area contributed by atoms with E-state index >= 15 is 0 Å². The Labute approximate surface area is 201 Å². The van der Waals surface area contributed by atoms with Crippen molar-refractivity contribution in [2.45, 2.75) is 50.2 Å². The molecule has 1 fully saturated rings. The van der Waals surface area contributed by atoms with Crippen LogP contribution in [-0.2, 0) is 18.9 Å². The third kappa shape index (κ3) is 6.29. The molecule has 33 heavy (non-hydrogen) atoms. The molecular formula is C25H27BrO7. The summed E-state index contributed by atoms with van der Waals surface area (Å²) in [5.74, 6) is -2.27. The SMILES string of the molecule is C=C[C@@H](OC(=O)c1ccccc1)[C@H]1OC(C)(C)O[C@H]1[C@H](OC(=O)c1ccccc1)[C@H](O)CBr. The lowest BCUT2D eigenvalue weighted by atomic mass is 9.99. The highest BCUT2D eigenvalue weighted by molar-refractivity contribution is 9.09. The van der Waals surface area contributed by atoms with Crippen LogP contribution in [0.4, 0.5) is 0 Å². The zero-order valence-electron chi connectivity index (χ0n) is 18.4. The van der Waals surface area contributed by atoms with Crippen LogP contribution in [-0.4, -0.2) is 58.7 Å². The maximum Gasteiger partial charge on any atom is 0.338 e. The van der Waals surface area contributed by atoms with Crippen molar-refractivity contribution in [2.75, 3.05) is 5.33 Å². The van der Waals surface area contributed by atoms with Gasteiger partial charge in [0.25, 0.3) is 0 Å². The molecule has 176 valence electrons. The van der Waals surface area contributed by atoms with Gasteiger partial charge in [-0.3, -0.25) is 0 Å². The van der Waals surface area contributed by atoms with Gasteiger partial charge in [0.1, 0.15) is 24.4 Å². The summed E-state index contributed by atoms with van der Waals surface area (Å²) in [6.07, 6.45) is -3.54. The van der Waals surface area contributed by atoms with Gasteiger partial charge < -0.3 is 24.1 Å². The van der Waals surface area contributed by atoms with E-state index in [9.17, 15) is 14.7 Å². The van der Waals surface area contributed by atoms with Gasteiger partial charge in [-0.05, 0) is 44.2 Å². The number of halogens is 1. The molecule has 1 saturated heterocycles. The third-order valence-corrected chi connectivity index (χ3v) is 5.75. The van der Waals surface area contributed by atoms with E-state index in [1.165, 1.54) is 6.08 Å². The Bertz CT molecular complexity index is 948. The second-order valence-electron chi connectivity index (χ2n) is 7.99. The summed E-state index contributed by atoms with van der Waals surface area (Å²) in [5.41, 5.74) is 0.696. The zero-order valence-corrected chi connectivity index (χ0v) is 20.0. The first kappa shape index (κ1) is 25.1. The van der Waals surface area contributed by atoms with Gasteiger partial charge in [-0.2, -0.15) is 0 Å². The van der Waals surface area contributed by atoms with Crippen molar-refractivity contribution in [1.29, 1.82) is 0 Å². The fourth-order valence-electron chi connectivity index (χ4n) is 3.56. The summed E-state index contributed by atoms with van der Waals surface area (Å²) in [7, 11) is 0. The summed E-state index contributed by atoms with van der Waals surface area (Å²) in [4.78, 5) is 25.4. The Morgan fingerprint density at radius 1 is 1.00 bits per heavy atom. The lowest BCUT2D eigenvalue weighted by Gasteiger charge is -2.31. The molecule has 2 aromatic carbocycles. The third-order valence-electron chi connectivity index (χ3n) is 5.09.